The average molecular weight is 369 g/mol. The zero-order valence-corrected chi connectivity index (χ0v) is 13.1. The van der Waals surface area contributed by atoms with Gasteiger partial charge in [-0.3, -0.25) is 0 Å². The Balaban J connectivity index is 3.02. The van der Waals surface area contributed by atoms with Crippen molar-refractivity contribution in [3.05, 3.63) is 0 Å². The predicted octanol–water partition coefficient (Wildman–Crippen LogP) is 1.42. The summed E-state index contributed by atoms with van der Waals surface area (Å²) in [5.41, 5.74) is 0. The van der Waals surface area contributed by atoms with Gasteiger partial charge >= 0.3 is 72.1 Å². The number of halogens is 3. The summed E-state index contributed by atoms with van der Waals surface area (Å²) in [6, 6.07) is 0. The molecule has 0 nitrogen and oxygen atoms in total. The van der Waals surface area contributed by atoms with E-state index in [0.29, 0.717) is 24.4 Å². The monoisotopic (exact) mass is 366 g/mol. The third-order valence-electron chi connectivity index (χ3n) is 0. The fourth-order valence-corrected chi connectivity index (χ4v) is 0. The molecule has 0 saturated carbocycles. The van der Waals surface area contributed by atoms with Gasteiger partial charge in [-0.2, -0.15) is 0 Å². The van der Waals surface area contributed by atoms with E-state index in [0.717, 1.165) is 0 Å². The Labute approximate surface area is 71.0 Å². The summed E-state index contributed by atoms with van der Waals surface area (Å²) in [6.45, 7) is 0. The van der Waals surface area contributed by atoms with Crippen LogP contribution >= 0.6 is 47.8 Å². The van der Waals surface area contributed by atoms with Crippen molar-refractivity contribution < 1.29 is 0 Å². The van der Waals surface area contributed by atoms with Gasteiger partial charge in [0.15, 0.2) is 0 Å². The first-order valence-corrected chi connectivity index (χ1v) is 6.30. The van der Waals surface area contributed by atoms with E-state index >= 15 is 0 Å². The quantitative estimate of drug-likeness (QED) is 0.567. The van der Waals surface area contributed by atoms with Crippen LogP contribution < -0.4 is 0 Å². The van der Waals surface area contributed by atoms with Crippen LogP contribution in [0.5, 0.6) is 0 Å². The Morgan fingerprint density at radius 1 is 1.20 bits per heavy atom. The molecule has 4 heteroatoms. The van der Waals surface area contributed by atoms with Gasteiger partial charge in [0.05, 0.1) is 0 Å². The molecule has 0 aliphatic carbocycles. The molecule has 0 atom stereocenters. The van der Waals surface area contributed by atoms with Gasteiger partial charge in [-0.15, -0.1) is 0 Å². The van der Waals surface area contributed by atoms with E-state index in [-0.39, 0.29) is -0.101 Å². The average Bonchev–Trinajstić information content (AvgIpc) is 0.722. The van der Waals surface area contributed by atoms with Gasteiger partial charge in [0.1, 0.15) is 0 Å². The molecule has 0 aromatic carbocycles. The SMILES string of the molecule is Br[C](Br)(Br)[InH2]. The molecular weight excluding hydrogens is 367 g/mol. The zero-order chi connectivity index (χ0) is 4.50. The molecule has 5 heavy (non-hydrogen) atoms. The number of hydrogen-bond acceptors (Lipinski definition) is 0. The van der Waals surface area contributed by atoms with E-state index in [1.165, 1.54) is 0 Å². The van der Waals surface area contributed by atoms with E-state index in [1.54, 1.807) is 0 Å². The van der Waals surface area contributed by atoms with Crippen LogP contribution in [-0.4, -0.2) is 24.3 Å². The van der Waals surface area contributed by atoms with Crippen LogP contribution in [0, 0.1) is 0 Å². The van der Waals surface area contributed by atoms with Gasteiger partial charge in [0.25, 0.3) is 0 Å². The second kappa shape index (κ2) is 2.58. The molecule has 0 fully saturated rings. The van der Waals surface area contributed by atoms with Crippen LogP contribution in [0.1, 0.15) is 0 Å². The van der Waals surface area contributed by atoms with Crippen LogP contribution in [0.4, 0.5) is 0 Å². The molecular formula is CH2Br3In. The maximum absolute atomic E-state index is 3.30. The third kappa shape index (κ3) is 22.0. The second-order valence-corrected chi connectivity index (χ2v) is 25.5. The van der Waals surface area contributed by atoms with Crippen molar-refractivity contribution in [1.82, 2.24) is 0 Å². The first-order chi connectivity index (χ1) is 2.00. The molecule has 0 aliphatic rings. The molecule has 0 spiro atoms. The molecule has 0 amide bonds. The van der Waals surface area contributed by atoms with Crippen LogP contribution in [0.25, 0.3) is 0 Å². The molecule has 0 aromatic heterocycles. The first-order valence-electron chi connectivity index (χ1n) is 1.07. The molecule has 0 aliphatic heterocycles. The van der Waals surface area contributed by atoms with Crippen molar-refractivity contribution in [2.45, 2.75) is -0.101 Å². The minimum atomic E-state index is 0.147. The molecule has 0 saturated heterocycles. The molecule has 0 bridgehead atoms. The van der Waals surface area contributed by atoms with Gasteiger partial charge in [0.2, 0.25) is 0 Å². The van der Waals surface area contributed by atoms with E-state index in [1.807, 2.05) is 0 Å². The summed E-state index contributed by atoms with van der Waals surface area (Å²) >= 11 is 10.5. The Morgan fingerprint density at radius 3 is 1.20 bits per heavy atom. The number of rotatable bonds is 0. The van der Waals surface area contributed by atoms with Crippen LogP contribution in [-0.2, 0) is 0 Å². The van der Waals surface area contributed by atoms with Gasteiger partial charge in [-0.25, -0.2) is 0 Å². The molecule has 0 N–H and O–H groups in total. The fraction of sp³-hybridized carbons (Fsp3) is 1.00. The van der Waals surface area contributed by atoms with Crippen molar-refractivity contribution in [1.29, 1.82) is 0 Å². The molecule has 30 valence electrons. The van der Waals surface area contributed by atoms with Gasteiger partial charge in [-0.1, -0.05) is 0 Å². The van der Waals surface area contributed by atoms with Crippen LogP contribution in [0.15, 0.2) is 0 Å². The molecule has 0 rings (SSSR count). The van der Waals surface area contributed by atoms with Gasteiger partial charge in [-0.05, 0) is 0 Å². The van der Waals surface area contributed by atoms with Gasteiger partial charge in [0, 0.05) is 0 Å². The maximum atomic E-state index is 3.30. The normalized spacial score (nSPS) is 11.8. The number of hydrogen-bond donors (Lipinski definition) is 0. The second-order valence-electron chi connectivity index (χ2n) is 0.781. The van der Waals surface area contributed by atoms with Crippen molar-refractivity contribution in [2.75, 3.05) is 0 Å². The third-order valence-corrected chi connectivity index (χ3v) is 0. The van der Waals surface area contributed by atoms with E-state index in [4.69, 9.17) is 0 Å². The van der Waals surface area contributed by atoms with Crippen molar-refractivity contribution in [2.24, 2.45) is 0 Å². The van der Waals surface area contributed by atoms with Crippen LogP contribution in [0.2, 0.25) is 0 Å². The summed E-state index contributed by atoms with van der Waals surface area (Å²) in [5, 5.41) is 0. The summed E-state index contributed by atoms with van der Waals surface area (Å²) in [6.07, 6.45) is 0. The van der Waals surface area contributed by atoms with Crippen molar-refractivity contribution in [3.8, 4) is 0 Å². The van der Waals surface area contributed by atoms with Crippen LogP contribution in [0.3, 0.4) is 0 Å². The first kappa shape index (κ1) is 7.31. The predicted molar refractivity (Wildman–Crippen MR) is 38.1 cm³/mol. The molecule has 0 unspecified atom stereocenters. The fourth-order valence-electron chi connectivity index (χ4n) is 0. The zero-order valence-electron chi connectivity index (χ0n) is 2.63. The van der Waals surface area contributed by atoms with E-state index < -0.39 is 0 Å². The summed E-state index contributed by atoms with van der Waals surface area (Å²) in [4.78, 5) is 0. The Kier molecular flexibility index (Phi) is 3.77. The summed E-state index contributed by atoms with van der Waals surface area (Å²) in [5.74, 6) is 0. The molecule has 0 radical (unpaired) electrons. The number of alkyl halides is 3. The Morgan fingerprint density at radius 2 is 1.20 bits per heavy atom. The van der Waals surface area contributed by atoms with Crippen molar-refractivity contribution in [3.63, 3.8) is 0 Å². The Hall–Kier alpha value is 2.31. The Bertz CT molecular complexity index is 22.4. The summed E-state index contributed by atoms with van der Waals surface area (Å²) < 4.78 is 0.147. The topological polar surface area (TPSA) is 0 Å². The summed E-state index contributed by atoms with van der Waals surface area (Å²) in [7, 11) is 0. The van der Waals surface area contributed by atoms with E-state index in [9.17, 15) is 0 Å². The minimum absolute atomic E-state index is 0.147. The van der Waals surface area contributed by atoms with Crippen molar-refractivity contribution >= 4 is 72.2 Å². The standard InChI is InChI=1S/CBr3.In.2H/c2-1(3)4;;;. The molecule has 0 heterocycles. The van der Waals surface area contributed by atoms with Gasteiger partial charge < -0.3 is 0 Å². The van der Waals surface area contributed by atoms with E-state index in [2.05, 4.69) is 47.8 Å². The molecule has 0 aromatic rings.